The fraction of sp³-hybridized carbons (Fsp3) is 0.962. The molecule has 0 radical (unpaired) electrons. The van der Waals surface area contributed by atoms with Gasteiger partial charge in [0.05, 0.1) is 5.54 Å². The van der Waals surface area contributed by atoms with Gasteiger partial charge >= 0.3 is 0 Å². The molecule has 0 atom stereocenters. The molecule has 0 aliphatic carbocycles. The van der Waals surface area contributed by atoms with Crippen LogP contribution in [0, 0.1) is 0 Å². The van der Waals surface area contributed by atoms with Crippen LogP contribution in [0.25, 0.3) is 0 Å². The molecular formula is C26H53N. The molecule has 0 saturated heterocycles. The third-order valence-corrected chi connectivity index (χ3v) is 5.42. The number of rotatable bonds is 20. The van der Waals surface area contributed by atoms with Crippen molar-refractivity contribution in [1.82, 2.24) is 0 Å². The van der Waals surface area contributed by atoms with Crippen molar-refractivity contribution in [2.45, 2.75) is 162 Å². The molecule has 0 aliphatic heterocycles. The van der Waals surface area contributed by atoms with E-state index >= 15 is 0 Å². The van der Waals surface area contributed by atoms with Gasteiger partial charge in [0.1, 0.15) is 0 Å². The molecule has 1 nitrogen and oxygen atoms in total. The van der Waals surface area contributed by atoms with E-state index in [1.807, 2.05) is 0 Å². The monoisotopic (exact) mass is 379 g/mol. The van der Waals surface area contributed by atoms with Gasteiger partial charge in [0.2, 0.25) is 0 Å². The molecule has 0 fully saturated rings. The first kappa shape index (κ1) is 26.7. The SMILES string of the molecule is CCCCCCCCCCCCCCCCCCCCCC=NC(C)(C)C. The van der Waals surface area contributed by atoms with Crippen LogP contribution in [0.2, 0.25) is 0 Å². The van der Waals surface area contributed by atoms with Crippen molar-refractivity contribution in [1.29, 1.82) is 0 Å². The second-order valence-electron chi connectivity index (χ2n) is 9.64. The normalized spacial score (nSPS) is 12.3. The lowest BCUT2D eigenvalue weighted by molar-refractivity contribution is 0.524. The summed E-state index contributed by atoms with van der Waals surface area (Å²) in [6.45, 7) is 8.80. The Morgan fingerprint density at radius 1 is 0.481 bits per heavy atom. The minimum Gasteiger partial charge on any atom is -0.292 e. The van der Waals surface area contributed by atoms with Crippen LogP contribution in [0.5, 0.6) is 0 Å². The molecule has 0 aliphatic rings. The summed E-state index contributed by atoms with van der Waals surface area (Å²) in [6.07, 6.45) is 30.8. The van der Waals surface area contributed by atoms with E-state index in [0.29, 0.717) is 0 Å². The summed E-state index contributed by atoms with van der Waals surface area (Å²) in [4.78, 5) is 4.55. The highest BCUT2D eigenvalue weighted by Crippen LogP contribution is 2.14. The van der Waals surface area contributed by atoms with Crippen molar-refractivity contribution in [3.8, 4) is 0 Å². The van der Waals surface area contributed by atoms with Crippen LogP contribution in [0.4, 0.5) is 0 Å². The molecule has 0 unspecified atom stereocenters. The summed E-state index contributed by atoms with van der Waals surface area (Å²) in [5, 5.41) is 0. The van der Waals surface area contributed by atoms with Crippen molar-refractivity contribution in [2.75, 3.05) is 0 Å². The minimum atomic E-state index is 0.105. The maximum absolute atomic E-state index is 4.55. The van der Waals surface area contributed by atoms with Crippen LogP contribution in [-0.2, 0) is 0 Å². The smallest absolute Gasteiger partial charge is 0.0520 e. The first-order chi connectivity index (χ1) is 13.1. The van der Waals surface area contributed by atoms with Gasteiger partial charge in [-0.05, 0) is 39.8 Å². The highest BCUT2D eigenvalue weighted by Gasteiger charge is 2.03. The molecule has 0 heterocycles. The molecule has 162 valence electrons. The Kier molecular flexibility index (Phi) is 20.2. The fourth-order valence-electron chi connectivity index (χ4n) is 3.65. The van der Waals surface area contributed by atoms with Gasteiger partial charge in [-0.25, -0.2) is 0 Å². The van der Waals surface area contributed by atoms with Crippen molar-refractivity contribution in [2.24, 2.45) is 4.99 Å². The summed E-state index contributed by atoms with van der Waals surface area (Å²) in [5.41, 5.74) is 0.105. The molecule has 1 heteroatoms. The van der Waals surface area contributed by atoms with Crippen molar-refractivity contribution in [3.05, 3.63) is 0 Å². The van der Waals surface area contributed by atoms with E-state index in [1.54, 1.807) is 0 Å². The molecule has 0 bridgehead atoms. The van der Waals surface area contributed by atoms with E-state index in [2.05, 4.69) is 38.9 Å². The quantitative estimate of drug-likeness (QED) is 0.147. The largest absolute Gasteiger partial charge is 0.292 e. The molecule has 27 heavy (non-hydrogen) atoms. The van der Waals surface area contributed by atoms with Crippen LogP contribution in [0.3, 0.4) is 0 Å². The Morgan fingerprint density at radius 3 is 1.07 bits per heavy atom. The van der Waals surface area contributed by atoms with Crippen molar-refractivity contribution >= 4 is 6.21 Å². The van der Waals surface area contributed by atoms with Crippen LogP contribution in [-0.4, -0.2) is 11.8 Å². The Labute approximate surface area is 173 Å². The highest BCUT2D eigenvalue weighted by molar-refractivity contribution is 5.57. The number of hydrogen-bond acceptors (Lipinski definition) is 1. The van der Waals surface area contributed by atoms with E-state index in [9.17, 15) is 0 Å². The minimum absolute atomic E-state index is 0.105. The van der Waals surface area contributed by atoms with Gasteiger partial charge in [-0.1, -0.05) is 122 Å². The van der Waals surface area contributed by atoms with E-state index in [1.165, 1.54) is 122 Å². The predicted octanol–water partition coefficient (Wildman–Crippen LogP) is 9.68. The highest BCUT2D eigenvalue weighted by atomic mass is 14.8. The Bertz CT molecular complexity index is 300. The lowest BCUT2D eigenvalue weighted by atomic mass is 10.0. The number of nitrogens with zero attached hydrogens (tertiary/aromatic N) is 1. The number of unbranched alkanes of at least 4 members (excludes halogenated alkanes) is 19. The third-order valence-electron chi connectivity index (χ3n) is 5.42. The summed E-state index contributed by atoms with van der Waals surface area (Å²) >= 11 is 0. The fourth-order valence-corrected chi connectivity index (χ4v) is 3.65. The first-order valence-electron chi connectivity index (χ1n) is 12.6. The predicted molar refractivity (Wildman–Crippen MR) is 126 cm³/mol. The molecule has 0 aromatic heterocycles. The van der Waals surface area contributed by atoms with Crippen molar-refractivity contribution in [3.63, 3.8) is 0 Å². The molecule has 0 amide bonds. The van der Waals surface area contributed by atoms with Gasteiger partial charge in [-0.3, -0.25) is 4.99 Å². The van der Waals surface area contributed by atoms with Crippen LogP contribution in [0.1, 0.15) is 156 Å². The maximum Gasteiger partial charge on any atom is 0.0520 e. The molecule has 0 aromatic carbocycles. The van der Waals surface area contributed by atoms with Gasteiger partial charge in [0, 0.05) is 0 Å². The van der Waals surface area contributed by atoms with Crippen molar-refractivity contribution < 1.29 is 0 Å². The molecular weight excluding hydrogens is 326 g/mol. The molecule has 0 aromatic rings. The number of aliphatic imine (C=N–C) groups is 1. The molecule has 0 N–H and O–H groups in total. The lowest BCUT2D eigenvalue weighted by Crippen LogP contribution is -2.09. The Balaban J connectivity index is 3.06. The van der Waals surface area contributed by atoms with E-state index in [-0.39, 0.29) is 5.54 Å². The van der Waals surface area contributed by atoms with Crippen LogP contribution < -0.4 is 0 Å². The molecule has 0 spiro atoms. The first-order valence-corrected chi connectivity index (χ1v) is 12.6. The topological polar surface area (TPSA) is 12.4 Å². The van der Waals surface area contributed by atoms with Gasteiger partial charge in [0.15, 0.2) is 0 Å². The van der Waals surface area contributed by atoms with E-state index in [0.717, 1.165) is 6.42 Å². The third kappa shape index (κ3) is 25.7. The second kappa shape index (κ2) is 20.4. The van der Waals surface area contributed by atoms with Gasteiger partial charge < -0.3 is 0 Å². The zero-order valence-electron chi connectivity index (χ0n) is 19.7. The summed E-state index contributed by atoms with van der Waals surface area (Å²) < 4.78 is 0. The Hall–Kier alpha value is -0.330. The summed E-state index contributed by atoms with van der Waals surface area (Å²) in [6, 6.07) is 0. The van der Waals surface area contributed by atoms with Gasteiger partial charge in [0.25, 0.3) is 0 Å². The molecule has 0 saturated carbocycles. The summed E-state index contributed by atoms with van der Waals surface area (Å²) in [7, 11) is 0. The lowest BCUT2D eigenvalue weighted by Gasteiger charge is -2.10. The van der Waals surface area contributed by atoms with Gasteiger partial charge in [-0.15, -0.1) is 0 Å². The van der Waals surface area contributed by atoms with Crippen LogP contribution >= 0.6 is 0 Å². The van der Waals surface area contributed by atoms with E-state index < -0.39 is 0 Å². The van der Waals surface area contributed by atoms with Gasteiger partial charge in [-0.2, -0.15) is 0 Å². The van der Waals surface area contributed by atoms with Crippen LogP contribution in [0.15, 0.2) is 4.99 Å². The standard InChI is InChI=1S/C26H53N/c1-5-6-7-8-9-10-11-12-13-14-15-16-17-18-19-20-21-22-23-24-25-27-26(2,3)4/h25H,5-24H2,1-4H3. The average molecular weight is 380 g/mol. The summed E-state index contributed by atoms with van der Waals surface area (Å²) in [5.74, 6) is 0. The zero-order chi connectivity index (χ0) is 20.1. The van der Waals surface area contributed by atoms with E-state index in [4.69, 9.17) is 0 Å². The maximum atomic E-state index is 4.55. The number of hydrogen-bond donors (Lipinski definition) is 0. The second-order valence-corrected chi connectivity index (χ2v) is 9.64. The Morgan fingerprint density at radius 2 is 0.778 bits per heavy atom. The average Bonchev–Trinajstić information content (AvgIpc) is 2.62. The zero-order valence-corrected chi connectivity index (χ0v) is 19.7. The molecule has 0 rings (SSSR count).